The van der Waals surface area contributed by atoms with Gasteiger partial charge in [-0.3, -0.25) is 4.68 Å². The molecule has 0 aliphatic heterocycles. The fourth-order valence-corrected chi connectivity index (χ4v) is 1.26. The van der Waals surface area contributed by atoms with Crippen LogP contribution in [0.25, 0.3) is 0 Å². The number of nitrogen functional groups attached to an aromatic ring is 1. The van der Waals surface area contributed by atoms with E-state index in [2.05, 4.69) is 11.0 Å². The highest BCUT2D eigenvalue weighted by atomic mass is 15.3. The second kappa shape index (κ2) is 3.99. The lowest BCUT2D eigenvalue weighted by Crippen LogP contribution is -2.02. The predicted octanol–water partition coefficient (Wildman–Crippen LogP) is 1.50. The van der Waals surface area contributed by atoms with Crippen LogP contribution in [0.2, 0.25) is 0 Å². The number of unbranched alkanes of at least 4 members (excludes halogenated alkanes) is 1. The highest BCUT2D eigenvalue weighted by molar-refractivity contribution is 5.46. The highest BCUT2D eigenvalue weighted by Gasteiger charge is 2.06. The van der Waals surface area contributed by atoms with E-state index in [1.807, 2.05) is 18.5 Å². The first-order chi connectivity index (χ1) is 6.16. The Morgan fingerprint density at radius 3 is 2.69 bits per heavy atom. The number of hydrogen-bond donors (Lipinski definition) is 1. The van der Waals surface area contributed by atoms with Crippen LogP contribution >= 0.6 is 0 Å². The summed E-state index contributed by atoms with van der Waals surface area (Å²) in [5, 5.41) is 4.30. The van der Waals surface area contributed by atoms with E-state index in [0.29, 0.717) is 0 Å². The maximum absolute atomic E-state index is 5.78. The summed E-state index contributed by atoms with van der Waals surface area (Å²) < 4.78 is 1.92. The van der Waals surface area contributed by atoms with Crippen molar-refractivity contribution in [1.82, 2.24) is 9.78 Å². The molecule has 1 rings (SSSR count). The van der Waals surface area contributed by atoms with E-state index in [1.165, 1.54) is 0 Å². The Hall–Kier alpha value is -1.43. The number of terminal acetylenes is 1. The molecular weight excluding hydrogens is 162 g/mol. The molecule has 13 heavy (non-hydrogen) atoms. The van der Waals surface area contributed by atoms with Crippen LogP contribution in [0.4, 0.5) is 5.69 Å². The monoisotopic (exact) mass is 177 g/mol. The van der Waals surface area contributed by atoms with Crippen LogP contribution in [0.3, 0.4) is 0 Å². The van der Waals surface area contributed by atoms with Crippen molar-refractivity contribution in [2.24, 2.45) is 0 Å². The molecule has 0 atom stereocenters. The molecule has 0 aliphatic rings. The van der Waals surface area contributed by atoms with Gasteiger partial charge in [0.15, 0.2) is 0 Å². The zero-order chi connectivity index (χ0) is 9.84. The Balaban J connectivity index is 2.68. The Bertz CT molecular complexity index is 331. The van der Waals surface area contributed by atoms with E-state index < -0.39 is 0 Å². The van der Waals surface area contributed by atoms with Gasteiger partial charge in [0, 0.05) is 13.0 Å². The summed E-state index contributed by atoms with van der Waals surface area (Å²) in [6, 6.07) is 0. The maximum atomic E-state index is 5.78. The van der Waals surface area contributed by atoms with E-state index in [1.54, 1.807) is 0 Å². The van der Waals surface area contributed by atoms with Gasteiger partial charge in [0.05, 0.1) is 17.1 Å². The molecule has 70 valence electrons. The molecule has 0 saturated carbocycles. The van der Waals surface area contributed by atoms with Gasteiger partial charge in [-0.1, -0.05) is 0 Å². The van der Waals surface area contributed by atoms with Gasteiger partial charge in [-0.15, -0.1) is 12.3 Å². The van der Waals surface area contributed by atoms with Crippen LogP contribution in [-0.2, 0) is 6.54 Å². The second-order valence-corrected chi connectivity index (χ2v) is 3.12. The lowest BCUT2D eigenvalue weighted by atomic mass is 10.3. The molecular formula is C10H15N3. The number of nitrogens with zero attached hydrogens (tertiary/aromatic N) is 2. The molecule has 1 aromatic heterocycles. The predicted molar refractivity (Wildman–Crippen MR) is 54.2 cm³/mol. The molecule has 0 bridgehead atoms. The largest absolute Gasteiger partial charge is 0.396 e. The van der Waals surface area contributed by atoms with E-state index >= 15 is 0 Å². The minimum absolute atomic E-state index is 0.790. The van der Waals surface area contributed by atoms with Gasteiger partial charge < -0.3 is 5.73 Å². The summed E-state index contributed by atoms with van der Waals surface area (Å²) in [4.78, 5) is 0. The molecule has 3 nitrogen and oxygen atoms in total. The second-order valence-electron chi connectivity index (χ2n) is 3.12. The van der Waals surface area contributed by atoms with Crippen molar-refractivity contribution >= 4 is 5.69 Å². The normalized spacial score (nSPS) is 9.92. The molecule has 0 aromatic carbocycles. The zero-order valence-electron chi connectivity index (χ0n) is 8.17. The minimum Gasteiger partial charge on any atom is -0.396 e. The van der Waals surface area contributed by atoms with Crippen molar-refractivity contribution in [2.45, 2.75) is 33.2 Å². The molecule has 0 fully saturated rings. The number of rotatable bonds is 3. The number of anilines is 1. The number of hydrogen-bond acceptors (Lipinski definition) is 2. The van der Waals surface area contributed by atoms with Crippen molar-refractivity contribution in [3.8, 4) is 12.3 Å². The molecule has 0 amide bonds. The number of nitrogens with two attached hydrogens (primary N) is 1. The third-order valence-electron chi connectivity index (χ3n) is 2.13. The standard InChI is InChI=1S/C10H15N3/c1-4-5-6-7-13-9(3)10(11)8(2)12-13/h1H,5-7,11H2,2-3H3. The first-order valence-electron chi connectivity index (χ1n) is 4.39. The van der Waals surface area contributed by atoms with Crippen LogP contribution in [0.1, 0.15) is 24.2 Å². The number of aromatic nitrogens is 2. The van der Waals surface area contributed by atoms with Gasteiger partial charge in [-0.05, 0) is 20.3 Å². The van der Waals surface area contributed by atoms with Crippen LogP contribution in [0.15, 0.2) is 0 Å². The summed E-state index contributed by atoms with van der Waals surface area (Å²) in [5.41, 5.74) is 8.51. The Labute approximate surface area is 78.9 Å². The summed E-state index contributed by atoms with van der Waals surface area (Å²) >= 11 is 0. The van der Waals surface area contributed by atoms with E-state index in [0.717, 1.165) is 36.5 Å². The first-order valence-corrected chi connectivity index (χ1v) is 4.39. The van der Waals surface area contributed by atoms with Crippen molar-refractivity contribution in [2.75, 3.05) is 5.73 Å². The molecule has 3 heteroatoms. The van der Waals surface area contributed by atoms with E-state index in [4.69, 9.17) is 12.2 Å². The van der Waals surface area contributed by atoms with Gasteiger partial charge in [-0.25, -0.2) is 0 Å². The zero-order valence-corrected chi connectivity index (χ0v) is 8.17. The molecule has 1 aromatic rings. The van der Waals surface area contributed by atoms with Crippen LogP contribution < -0.4 is 5.73 Å². The topological polar surface area (TPSA) is 43.8 Å². The van der Waals surface area contributed by atoms with Crippen LogP contribution in [-0.4, -0.2) is 9.78 Å². The summed E-state index contributed by atoms with van der Waals surface area (Å²) in [7, 11) is 0. The number of aryl methyl sites for hydroxylation is 2. The summed E-state index contributed by atoms with van der Waals surface area (Å²) in [5.74, 6) is 2.61. The quantitative estimate of drug-likeness (QED) is 0.561. The Kier molecular flexibility index (Phi) is 2.97. The molecule has 0 saturated heterocycles. The summed E-state index contributed by atoms with van der Waals surface area (Å²) in [6.07, 6.45) is 6.91. The smallest absolute Gasteiger partial charge is 0.0825 e. The molecule has 0 unspecified atom stereocenters. The van der Waals surface area contributed by atoms with E-state index in [-0.39, 0.29) is 0 Å². The van der Waals surface area contributed by atoms with Crippen LogP contribution in [0.5, 0.6) is 0 Å². The molecule has 0 radical (unpaired) electrons. The van der Waals surface area contributed by atoms with Gasteiger partial charge in [-0.2, -0.15) is 5.10 Å². The van der Waals surface area contributed by atoms with Gasteiger partial charge in [0.1, 0.15) is 0 Å². The van der Waals surface area contributed by atoms with Crippen molar-refractivity contribution in [3.05, 3.63) is 11.4 Å². The third kappa shape index (κ3) is 2.03. The van der Waals surface area contributed by atoms with E-state index in [9.17, 15) is 0 Å². The summed E-state index contributed by atoms with van der Waals surface area (Å²) in [6.45, 7) is 4.75. The van der Waals surface area contributed by atoms with Gasteiger partial charge in [0.25, 0.3) is 0 Å². The fourth-order valence-electron chi connectivity index (χ4n) is 1.26. The molecule has 0 spiro atoms. The average molecular weight is 177 g/mol. The Morgan fingerprint density at radius 2 is 2.23 bits per heavy atom. The minimum atomic E-state index is 0.790. The van der Waals surface area contributed by atoms with Gasteiger partial charge in [0.2, 0.25) is 0 Å². The maximum Gasteiger partial charge on any atom is 0.0825 e. The molecule has 0 aliphatic carbocycles. The molecule has 2 N–H and O–H groups in total. The highest BCUT2D eigenvalue weighted by Crippen LogP contribution is 2.14. The van der Waals surface area contributed by atoms with Crippen molar-refractivity contribution in [1.29, 1.82) is 0 Å². The third-order valence-corrected chi connectivity index (χ3v) is 2.13. The lowest BCUT2D eigenvalue weighted by molar-refractivity contribution is 0.569. The van der Waals surface area contributed by atoms with Crippen molar-refractivity contribution in [3.63, 3.8) is 0 Å². The van der Waals surface area contributed by atoms with Crippen LogP contribution in [0, 0.1) is 26.2 Å². The van der Waals surface area contributed by atoms with Gasteiger partial charge >= 0.3 is 0 Å². The Morgan fingerprint density at radius 1 is 1.54 bits per heavy atom. The first kappa shape index (κ1) is 9.66. The average Bonchev–Trinajstić information content (AvgIpc) is 2.34. The molecule has 1 heterocycles. The fraction of sp³-hybridized carbons (Fsp3) is 0.500. The van der Waals surface area contributed by atoms with Crippen molar-refractivity contribution < 1.29 is 0 Å². The SMILES string of the molecule is C#CCCCn1nc(C)c(N)c1C. The lowest BCUT2D eigenvalue weighted by Gasteiger charge is -2.01.